The van der Waals surface area contributed by atoms with E-state index in [1.165, 1.54) is 6.92 Å². The van der Waals surface area contributed by atoms with E-state index in [1.54, 1.807) is 0 Å². The molecule has 8 rings (SSSR count). The summed E-state index contributed by atoms with van der Waals surface area (Å²) in [5.74, 6) is 0.157. The van der Waals surface area contributed by atoms with Gasteiger partial charge in [0.05, 0.1) is 56.3 Å². The van der Waals surface area contributed by atoms with Crippen molar-refractivity contribution in [3.8, 4) is 0 Å². The van der Waals surface area contributed by atoms with Crippen molar-refractivity contribution in [3.63, 3.8) is 0 Å². The molecule has 0 aromatic carbocycles. The lowest BCUT2D eigenvalue weighted by molar-refractivity contribution is -0.398. The van der Waals surface area contributed by atoms with E-state index in [0.29, 0.717) is 25.9 Å². The third-order valence-corrected chi connectivity index (χ3v) is 18.3. The minimum Gasteiger partial charge on any atom is -0.465 e. The molecule has 67 heavy (non-hydrogen) atoms. The first-order chi connectivity index (χ1) is 31.4. The van der Waals surface area contributed by atoms with E-state index < -0.39 is 134 Å². The molecule has 0 amide bonds. The van der Waals surface area contributed by atoms with Gasteiger partial charge in [-0.2, -0.15) is 0 Å². The molecule has 3 aliphatic carbocycles. The van der Waals surface area contributed by atoms with Gasteiger partial charge >= 0.3 is 5.97 Å². The van der Waals surface area contributed by atoms with Gasteiger partial charge in [0.15, 0.2) is 18.9 Å². The van der Waals surface area contributed by atoms with Crippen molar-refractivity contribution >= 4 is 5.97 Å². The van der Waals surface area contributed by atoms with E-state index in [9.17, 15) is 55.9 Å². The molecule has 384 valence electrons. The number of aliphatic hydroxyl groups is 10. The van der Waals surface area contributed by atoms with Crippen LogP contribution in [-0.4, -0.2) is 193 Å². The number of carbonyl (C=O) groups is 1. The molecule has 19 nitrogen and oxygen atoms in total. The zero-order chi connectivity index (χ0) is 48.9. The van der Waals surface area contributed by atoms with Gasteiger partial charge in [0, 0.05) is 11.8 Å². The molecule has 19 heteroatoms. The molecule has 0 aromatic heterocycles. The van der Waals surface area contributed by atoms with E-state index in [2.05, 4.69) is 34.6 Å². The van der Waals surface area contributed by atoms with Crippen molar-refractivity contribution < 1.29 is 93.8 Å². The molecular formula is C48H78O19. The second-order valence-electron chi connectivity index (χ2n) is 22.9. The van der Waals surface area contributed by atoms with E-state index in [-0.39, 0.29) is 40.7 Å². The lowest BCUT2D eigenvalue weighted by Gasteiger charge is -2.70. The monoisotopic (exact) mass is 959 g/mol. The lowest BCUT2D eigenvalue weighted by atomic mass is 9.34. The van der Waals surface area contributed by atoms with E-state index in [1.807, 2.05) is 19.9 Å². The summed E-state index contributed by atoms with van der Waals surface area (Å²) in [7, 11) is 0. The van der Waals surface area contributed by atoms with Crippen molar-refractivity contribution in [1.82, 2.24) is 0 Å². The number of cyclic esters (lactones) is 1. The van der Waals surface area contributed by atoms with Crippen LogP contribution in [0.25, 0.3) is 0 Å². The summed E-state index contributed by atoms with van der Waals surface area (Å²) in [5.41, 5.74) is -1.02. The number of allylic oxidation sites excluding steroid dienone is 1. The fraction of sp³-hybridized carbons (Fsp3) is 0.938. The summed E-state index contributed by atoms with van der Waals surface area (Å²) >= 11 is 0. The van der Waals surface area contributed by atoms with Crippen LogP contribution in [0.3, 0.4) is 0 Å². The quantitative estimate of drug-likeness (QED) is 0.0530. The Morgan fingerprint density at radius 1 is 0.716 bits per heavy atom. The first-order valence-electron chi connectivity index (χ1n) is 24.4. The van der Waals surface area contributed by atoms with Crippen LogP contribution in [0.2, 0.25) is 0 Å². The van der Waals surface area contributed by atoms with E-state index in [0.717, 1.165) is 37.7 Å². The molecule has 10 N–H and O–H groups in total. The van der Waals surface area contributed by atoms with Crippen molar-refractivity contribution in [2.75, 3.05) is 19.8 Å². The third-order valence-electron chi connectivity index (χ3n) is 18.3. The Morgan fingerprint density at radius 3 is 1.96 bits per heavy atom. The van der Waals surface area contributed by atoms with Crippen LogP contribution in [-0.2, 0) is 42.7 Å². The minimum absolute atomic E-state index is 0.0595. The second kappa shape index (κ2) is 18.9. The van der Waals surface area contributed by atoms with Crippen molar-refractivity contribution in [3.05, 3.63) is 11.6 Å². The largest absolute Gasteiger partial charge is 0.465 e. The van der Waals surface area contributed by atoms with Gasteiger partial charge in [-0.15, -0.1) is 0 Å². The summed E-state index contributed by atoms with van der Waals surface area (Å²) < 4.78 is 49.7. The van der Waals surface area contributed by atoms with Gasteiger partial charge in [0.2, 0.25) is 0 Å². The van der Waals surface area contributed by atoms with Crippen LogP contribution in [0.4, 0.5) is 0 Å². The summed E-state index contributed by atoms with van der Waals surface area (Å²) in [6, 6.07) is 0. The maximum Gasteiger partial charge on any atom is 0.306 e. The highest BCUT2D eigenvalue weighted by molar-refractivity contribution is 5.73. The molecule has 8 fully saturated rings. The average Bonchev–Trinajstić information content (AvgIpc) is 3.74. The molecule has 1 spiro atoms. The van der Waals surface area contributed by atoms with Gasteiger partial charge < -0.3 is 89.0 Å². The molecule has 25 atom stereocenters. The van der Waals surface area contributed by atoms with Gasteiger partial charge in [0.25, 0.3) is 0 Å². The van der Waals surface area contributed by atoms with Gasteiger partial charge in [-0.05, 0) is 100 Å². The van der Waals surface area contributed by atoms with Crippen LogP contribution in [0.15, 0.2) is 11.6 Å². The summed E-state index contributed by atoms with van der Waals surface area (Å²) in [5, 5.41) is 108. The van der Waals surface area contributed by atoms with Crippen molar-refractivity contribution in [1.29, 1.82) is 0 Å². The van der Waals surface area contributed by atoms with E-state index >= 15 is 0 Å². The topological polar surface area (TPSA) is 297 Å². The van der Waals surface area contributed by atoms with Gasteiger partial charge in [-0.25, -0.2) is 0 Å². The SMILES string of the molecule is CC(C)=CC(O)CC1(C)OC1C1CCC2C3(C)CCC(OC4OC(CO)C(O)C(OC5OC(CO)C(O)C(O)C5O)C4OC4OC(C)C(O)C(O)C4O)C(C)(C)C3CCC2(C)C12COC(=O)C2. The van der Waals surface area contributed by atoms with Crippen LogP contribution in [0.1, 0.15) is 107 Å². The molecule has 0 radical (unpaired) electrons. The van der Waals surface area contributed by atoms with Crippen LogP contribution >= 0.6 is 0 Å². The van der Waals surface area contributed by atoms with Crippen LogP contribution in [0, 0.1) is 39.4 Å². The Kier molecular flexibility index (Phi) is 14.6. The first-order valence-corrected chi connectivity index (χ1v) is 24.4. The molecule has 5 saturated heterocycles. The summed E-state index contributed by atoms with van der Waals surface area (Å²) in [6.07, 6.45) is -17.9. The third kappa shape index (κ3) is 8.78. The van der Waals surface area contributed by atoms with Crippen molar-refractivity contribution in [2.24, 2.45) is 39.4 Å². The number of aliphatic hydroxyl groups excluding tert-OH is 10. The van der Waals surface area contributed by atoms with Gasteiger partial charge in [0.1, 0.15) is 67.1 Å². The molecule has 25 unspecified atom stereocenters. The smallest absolute Gasteiger partial charge is 0.306 e. The Labute approximate surface area is 392 Å². The fourth-order valence-corrected chi connectivity index (χ4v) is 14.7. The number of ether oxygens (including phenoxy) is 8. The number of epoxide rings is 1. The fourth-order valence-electron chi connectivity index (χ4n) is 14.7. The highest BCUT2D eigenvalue weighted by Gasteiger charge is 2.74. The second-order valence-corrected chi connectivity index (χ2v) is 22.9. The zero-order valence-corrected chi connectivity index (χ0v) is 40.1. The average molecular weight is 959 g/mol. The predicted molar refractivity (Wildman–Crippen MR) is 232 cm³/mol. The molecule has 8 aliphatic rings. The summed E-state index contributed by atoms with van der Waals surface area (Å²) in [4.78, 5) is 13.3. The maximum atomic E-state index is 13.3. The molecule has 0 aromatic rings. The zero-order valence-electron chi connectivity index (χ0n) is 40.1. The minimum atomic E-state index is -1.88. The molecule has 5 heterocycles. The standard InChI is InChI=1S/C48H78O19/c1-21(2)15-23(51)16-47(8)40(67-47)24-9-10-28-45(6)13-12-29(44(4,5)27(45)11-14-46(28,7)48(24)17-30(52)60-20-48)64-43-39(66-41-36(58)34(56)31(53)22(3)61-41)38(33(55)26(19-50)63-43)65-42-37(59)35(57)32(54)25(18-49)62-42/h15,22-29,31-43,49-51,53-59H,9-14,16-20H2,1-8H3. The Bertz CT molecular complexity index is 1800. The van der Waals surface area contributed by atoms with E-state index in [4.69, 9.17) is 37.9 Å². The molecule has 0 bridgehead atoms. The Morgan fingerprint density at radius 2 is 1.33 bits per heavy atom. The number of fused-ring (bicyclic) bond motifs is 4. The van der Waals surface area contributed by atoms with Crippen LogP contribution < -0.4 is 0 Å². The number of carbonyl (C=O) groups excluding carboxylic acids is 1. The predicted octanol–water partition coefficient (Wildman–Crippen LogP) is -0.0757. The number of rotatable bonds is 12. The maximum absolute atomic E-state index is 13.3. The number of esters is 1. The molecular weight excluding hydrogens is 881 g/mol. The lowest BCUT2D eigenvalue weighted by Crippen LogP contribution is -2.68. The van der Waals surface area contributed by atoms with Gasteiger partial charge in [-0.1, -0.05) is 39.3 Å². The normalized spacial score (nSPS) is 53.3. The highest BCUT2D eigenvalue weighted by Crippen LogP contribution is 2.75. The molecule has 5 aliphatic heterocycles. The Balaban J connectivity index is 1.07. The first kappa shape index (κ1) is 51.9. The van der Waals surface area contributed by atoms with Crippen LogP contribution in [0.5, 0.6) is 0 Å². The summed E-state index contributed by atoms with van der Waals surface area (Å²) in [6.45, 7) is 15.3. The molecule has 3 saturated carbocycles. The van der Waals surface area contributed by atoms with Crippen molar-refractivity contribution in [2.45, 2.75) is 223 Å². The highest BCUT2D eigenvalue weighted by atomic mass is 16.8. The number of hydrogen-bond donors (Lipinski definition) is 10. The Hall–Kier alpha value is -1.47. The number of hydrogen-bond acceptors (Lipinski definition) is 19. The van der Waals surface area contributed by atoms with Gasteiger partial charge in [-0.3, -0.25) is 4.79 Å².